The molecule has 0 aliphatic rings. The van der Waals surface area contributed by atoms with Crippen LogP contribution in [0.1, 0.15) is 24.4 Å². The average molecular weight is 245 g/mol. The Bertz CT molecular complexity index is 518. The monoisotopic (exact) mass is 245 g/mol. The van der Waals surface area contributed by atoms with Crippen molar-refractivity contribution < 1.29 is 0 Å². The highest BCUT2D eigenvalue weighted by Gasteiger charge is 2.13. The van der Waals surface area contributed by atoms with E-state index in [0.29, 0.717) is 6.54 Å². The second-order valence-electron chi connectivity index (χ2n) is 4.52. The molecule has 96 valence electrons. The summed E-state index contributed by atoms with van der Waals surface area (Å²) >= 11 is 0. The number of hydrogen-bond acceptors (Lipinski definition) is 4. The molecule has 0 aliphatic heterocycles. The van der Waals surface area contributed by atoms with Gasteiger partial charge in [-0.1, -0.05) is 6.07 Å². The van der Waals surface area contributed by atoms with Gasteiger partial charge in [0.05, 0.1) is 6.54 Å². The maximum atomic E-state index is 5.97. The molecule has 0 radical (unpaired) electrons. The predicted octanol–water partition coefficient (Wildman–Crippen LogP) is 1.47. The SMILES string of the molecule is C[C@@H](N)c1cccnc1N(C)Cc1nccn1C. The summed E-state index contributed by atoms with van der Waals surface area (Å²) in [5.41, 5.74) is 7.02. The van der Waals surface area contributed by atoms with E-state index in [0.717, 1.165) is 17.2 Å². The van der Waals surface area contributed by atoms with Gasteiger partial charge in [-0.05, 0) is 13.0 Å². The van der Waals surface area contributed by atoms with Crippen molar-refractivity contribution in [3.05, 3.63) is 42.1 Å². The Balaban J connectivity index is 2.24. The van der Waals surface area contributed by atoms with Gasteiger partial charge in [-0.3, -0.25) is 0 Å². The first-order valence-electron chi connectivity index (χ1n) is 5.97. The topological polar surface area (TPSA) is 60.0 Å². The van der Waals surface area contributed by atoms with Gasteiger partial charge >= 0.3 is 0 Å². The van der Waals surface area contributed by atoms with Gasteiger partial charge in [0.2, 0.25) is 0 Å². The molecular weight excluding hydrogens is 226 g/mol. The summed E-state index contributed by atoms with van der Waals surface area (Å²) in [6.07, 6.45) is 5.53. The van der Waals surface area contributed by atoms with Crippen molar-refractivity contribution in [2.24, 2.45) is 12.8 Å². The minimum absolute atomic E-state index is 0.0301. The zero-order chi connectivity index (χ0) is 13.1. The third-order valence-corrected chi connectivity index (χ3v) is 2.97. The highest BCUT2D eigenvalue weighted by atomic mass is 15.2. The predicted molar refractivity (Wildman–Crippen MR) is 72.2 cm³/mol. The third kappa shape index (κ3) is 2.51. The number of hydrogen-bond donors (Lipinski definition) is 1. The minimum atomic E-state index is -0.0301. The minimum Gasteiger partial charge on any atom is -0.352 e. The highest BCUT2D eigenvalue weighted by Crippen LogP contribution is 2.22. The van der Waals surface area contributed by atoms with Crippen LogP contribution in [0.15, 0.2) is 30.7 Å². The van der Waals surface area contributed by atoms with Crippen LogP contribution in [-0.2, 0) is 13.6 Å². The zero-order valence-electron chi connectivity index (χ0n) is 11.0. The molecule has 2 N–H and O–H groups in total. The van der Waals surface area contributed by atoms with E-state index in [1.54, 1.807) is 12.4 Å². The van der Waals surface area contributed by atoms with E-state index < -0.39 is 0 Å². The first-order chi connectivity index (χ1) is 8.59. The van der Waals surface area contributed by atoms with Crippen molar-refractivity contribution in [1.29, 1.82) is 0 Å². The number of imidazole rings is 1. The van der Waals surface area contributed by atoms with Crippen molar-refractivity contribution >= 4 is 5.82 Å². The molecule has 2 rings (SSSR count). The summed E-state index contributed by atoms with van der Waals surface area (Å²) in [7, 11) is 3.99. The van der Waals surface area contributed by atoms with Gasteiger partial charge < -0.3 is 15.2 Å². The molecule has 0 aliphatic carbocycles. The van der Waals surface area contributed by atoms with Crippen LogP contribution >= 0.6 is 0 Å². The van der Waals surface area contributed by atoms with Crippen LogP contribution in [0.4, 0.5) is 5.82 Å². The number of pyridine rings is 1. The van der Waals surface area contributed by atoms with Gasteiger partial charge in [-0.15, -0.1) is 0 Å². The maximum absolute atomic E-state index is 5.97. The van der Waals surface area contributed by atoms with Crippen molar-refractivity contribution in [3.63, 3.8) is 0 Å². The summed E-state index contributed by atoms with van der Waals surface area (Å²) < 4.78 is 2.00. The lowest BCUT2D eigenvalue weighted by Crippen LogP contribution is -2.23. The molecule has 2 heterocycles. The molecule has 5 heteroatoms. The number of rotatable bonds is 4. The fourth-order valence-corrected chi connectivity index (χ4v) is 1.92. The van der Waals surface area contributed by atoms with Crippen LogP contribution in [-0.4, -0.2) is 21.6 Å². The standard InChI is InChI=1S/C13H19N5/c1-10(14)11-5-4-6-16-13(11)18(3)9-12-15-7-8-17(12)2/h4-8,10H,9,14H2,1-3H3/t10-/m1/s1. The molecule has 2 aromatic rings. The van der Waals surface area contributed by atoms with Gasteiger partial charge in [0.15, 0.2) is 0 Å². The van der Waals surface area contributed by atoms with Crippen molar-refractivity contribution in [3.8, 4) is 0 Å². The molecule has 0 saturated carbocycles. The van der Waals surface area contributed by atoms with E-state index in [1.165, 1.54) is 0 Å². The van der Waals surface area contributed by atoms with Gasteiger partial charge in [0.1, 0.15) is 11.6 Å². The molecule has 18 heavy (non-hydrogen) atoms. The maximum Gasteiger partial charge on any atom is 0.133 e. The first-order valence-corrected chi connectivity index (χ1v) is 5.97. The Hall–Kier alpha value is -1.88. The summed E-state index contributed by atoms with van der Waals surface area (Å²) in [4.78, 5) is 10.8. The van der Waals surface area contributed by atoms with Gasteiger partial charge in [-0.25, -0.2) is 9.97 Å². The summed E-state index contributed by atoms with van der Waals surface area (Å²) in [5.74, 6) is 1.91. The Kier molecular flexibility index (Phi) is 3.62. The fraction of sp³-hybridized carbons (Fsp3) is 0.385. The molecule has 5 nitrogen and oxygen atoms in total. The highest BCUT2D eigenvalue weighted by molar-refractivity contribution is 5.47. The Labute approximate surface area is 107 Å². The number of nitrogens with zero attached hydrogens (tertiary/aromatic N) is 4. The van der Waals surface area contributed by atoms with Crippen LogP contribution < -0.4 is 10.6 Å². The second-order valence-corrected chi connectivity index (χ2v) is 4.52. The van der Waals surface area contributed by atoms with E-state index in [4.69, 9.17) is 5.73 Å². The van der Waals surface area contributed by atoms with E-state index in [2.05, 4.69) is 14.9 Å². The van der Waals surface area contributed by atoms with Crippen LogP contribution in [0, 0.1) is 0 Å². The number of aryl methyl sites for hydroxylation is 1. The van der Waals surface area contributed by atoms with Gasteiger partial charge in [0, 0.05) is 44.3 Å². The van der Waals surface area contributed by atoms with Crippen LogP contribution in [0.2, 0.25) is 0 Å². The molecular formula is C13H19N5. The molecule has 0 saturated heterocycles. The van der Waals surface area contributed by atoms with Gasteiger partial charge in [0.25, 0.3) is 0 Å². The smallest absolute Gasteiger partial charge is 0.133 e. The summed E-state index contributed by atoms with van der Waals surface area (Å²) in [5, 5.41) is 0. The lowest BCUT2D eigenvalue weighted by atomic mass is 10.1. The normalized spacial score (nSPS) is 12.4. The second kappa shape index (κ2) is 5.18. The Morgan fingerprint density at radius 2 is 2.17 bits per heavy atom. The molecule has 0 spiro atoms. The molecule has 0 fully saturated rings. The molecule has 2 aromatic heterocycles. The third-order valence-electron chi connectivity index (χ3n) is 2.97. The van der Waals surface area contributed by atoms with Crippen molar-refractivity contribution in [2.45, 2.75) is 19.5 Å². The largest absolute Gasteiger partial charge is 0.352 e. The molecule has 0 aromatic carbocycles. The van der Waals surface area contributed by atoms with Gasteiger partial charge in [-0.2, -0.15) is 0 Å². The molecule has 0 bridgehead atoms. The molecule has 1 atom stereocenters. The zero-order valence-corrected chi connectivity index (χ0v) is 11.0. The lowest BCUT2D eigenvalue weighted by molar-refractivity contribution is 0.739. The van der Waals surface area contributed by atoms with E-state index in [9.17, 15) is 0 Å². The summed E-state index contributed by atoms with van der Waals surface area (Å²) in [6.45, 7) is 2.68. The quantitative estimate of drug-likeness (QED) is 0.886. The van der Waals surface area contributed by atoms with Crippen LogP contribution in [0.25, 0.3) is 0 Å². The molecule has 0 unspecified atom stereocenters. The molecule has 0 amide bonds. The number of anilines is 1. The van der Waals surface area contributed by atoms with Crippen molar-refractivity contribution in [1.82, 2.24) is 14.5 Å². The average Bonchev–Trinajstić information content (AvgIpc) is 2.75. The first kappa shape index (κ1) is 12.6. The van der Waals surface area contributed by atoms with E-state index in [-0.39, 0.29) is 6.04 Å². The van der Waals surface area contributed by atoms with E-state index in [1.807, 2.05) is 43.9 Å². The van der Waals surface area contributed by atoms with Crippen LogP contribution in [0.5, 0.6) is 0 Å². The number of aromatic nitrogens is 3. The lowest BCUT2D eigenvalue weighted by Gasteiger charge is -2.22. The Morgan fingerprint density at radius 1 is 1.39 bits per heavy atom. The van der Waals surface area contributed by atoms with Crippen molar-refractivity contribution in [2.75, 3.05) is 11.9 Å². The summed E-state index contributed by atoms with van der Waals surface area (Å²) in [6, 6.07) is 3.90. The van der Waals surface area contributed by atoms with E-state index >= 15 is 0 Å². The Morgan fingerprint density at radius 3 is 2.78 bits per heavy atom. The fourth-order valence-electron chi connectivity index (χ4n) is 1.92. The number of nitrogens with two attached hydrogens (primary N) is 1. The van der Waals surface area contributed by atoms with Crippen LogP contribution in [0.3, 0.4) is 0 Å².